The van der Waals surface area contributed by atoms with E-state index >= 15 is 0 Å². The highest BCUT2D eigenvalue weighted by molar-refractivity contribution is 5.92. The molecule has 1 unspecified atom stereocenters. The number of carbonyl (C=O) groups is 1. The molecular weight excluding hydrogens is 320 g/mol. The monoisotopic (exact) mass is 344 g/mol. The van der Waals surface area contributed by atoms with Crippen LogP contribution in [0, 0.1) is 0 Å². The first kappa shape index (κ1) is 17.3. The third kappa shape index (κ3) is 3.20. The average molecular weight is 344 g/mol. The Morgan fingerprint density at radius 2 is 1.76 bits per heavy atom. The lowest BCUT2D eigenvalue weighted by Crippen LogP contribution is -2.43. The van der Waals surface area contributed by atoms with Gasteiger partial charge < -0.3 is 9.47 Å². The van der Waals surface area contributed by atoms with Crippen LogP contribution in [0.1, 0.15) is 32.4 Å². The Hall–Kier alpha value is -2.51. The van der Waals surface area contributed by atoms with Crippen molar-refractivity contribution in [2.45, 2.75) is 26.9 Å². The Bertz CT molecular complexity index is 701. The van der Waals surface area contributed by atoms with Crippen molar-refractivity contribution >= 4 is 5.97 Å². The number of para-hydroxylation sites is 1. The summed E-state index contributed by atoms with van der Waals surface area (Å²) < 4.78 is 11.5. The van der Waals surface area contributed by atoms with E-state index in [0.717, 1.165) is 23.6 Å². The molecular formula is C18H24N4O3. The summed E-state index contributed by atoms with van der Waals surface area (Å²) in [4.78, 5) is 12.6. The molecule has 1 aromatic carbocycles. The van der Waals surface area contributed by atoms with Gasteiger partial charge in [0.25, 0.3) is 0 Å². The smallest absolute Gasteiger partial charge is 0.359 e. The van der Waals surface area contributed by atoms with Crippen LogP contribution in [0.25, 0.3) is 0 Å². The highest BCUT2D eigenvalue weighted by atomic mass is 16.6. The maximum atomic E-state index is 12.6. The van der Waals surface area contributed by atoms with Crippen LogP contribution < -0.4 is 15.6 Å². The molecule has 25 heavy (non-hydrogen) atoms. The van der Waals surface area contributed by atoms with E-state index in [1.54, 1.807) is 5.01 Å². The SMILES string of the molecule is CCNN1C=CN(NCC)C2=C1C(=O)OC2c1ccccc1OCC. The summed E-state index contributed by atoms with van der Waals surface area (Å²) in [5.41, 5.74) is 8.49. The van der Waals surface area contributed by atoms with E-state index in [0.29, 0.717) is 18.8 Å². The van der Waals surface area contributed by atoms with Crippen LogP contribution in [0.3, 0.4) is 0 Å². The minimum Gasteiger partial charge on any atom is -0.493 e. The third-order valence-corrected chi connectivity index (χ3v) is 3.93. The van der Waals surface area contributed by atoms with Gasteiger partial charge in [0, 0.05) is 31.1 Å². The third-order valence-electron chi connectivity index (χ3n) is 3.93. The molecule has 0 bridgehead atoms. The average Bonchev–Trinajstić information content (AvgIpc) is 2.96. The quantitative estimate of drug-likeness (QED) is 0.734. The fraction of sp³-hybridized carbons (Fsp3) is 0.389. The molecule has 0 radical (unpaired) electrons. The van der Waals surface area contributed by atoms with Gasteiger partial charge in [-0.25, -0.2) is 15.6 Å². The number of benzene rings is 1. The molecule has 0 aromatic heterocycles. The summed E-state index contributed by atoms with van der Waals surface area (Å²) in [6.07, 6.45) is 3.15. The van der Waals surface area contributed by atoms with Gasteiger partial charge in [-0.05, 0) is 13.0 Å². The summed E-state index contributed by atoms with van der Waals surface area (Å²) in [5, 5.41) is 3.57. The van der Waals surface area contributed by atoms with Gasteiger partial charge in [-0.15, -0.1) is 0 Å². The molecule has 3 rings (SSSR count). The van der Waals surface area contributed by atoms with Crippen LogP contribution in [0.4, 0.5) is 0 Å². The number of carbonyl (C=O) groups excluding carboxylic acids is 1. The highest BCUT2D eigenvalue weighted by Gasteiger charge is 2.43. The van der Waals surface area contributed by atoms with Crippen molar-refractivity contribution in [2.75, 3.05) is 19.7 Å². The van der Waals surface area contributed by atoms with Crippen LogP contribution in [-0.4, -0.2) is 35.7 Å². The summed E-state index contributed by atoms with van der Waals surface area (Å²) in [6.45, 7) is 7.87. The molecule has 0 saturated carbocycles. The van der Waals surface area contributed by atoms with Crippen LogP contribution in [0.15, 0.2) is 48.1 Å². The van der Waals surface area contributed by atoms with E-state index in [9.17, 15) is 4.79 Å². The molecule has 2 N–H and O–H groups in total. The Labute approximate surface area is 147 Å². The van der Waals surface area contributed by atoms with Crippen molar-refractivity contribution in [2.24, 2.45) is 0 Å². The van der Waals surface area contributed by atoms with Gasteiger partial charge in [0.2, 0.25) is 0 Å². The number of rotatable bonds is 7. The zero-order valence-corrected chi connectivity index (χ0v) is 14.8. The number of nitrogens with zero attached hydrogens (tertiary/aromatic N) is 2. The minimum absolute atomic E-state index is 0.362. The molecule has 0 aliphatic carbocycles. The number of nitrogens with one attached hydrogen (secondary N) is 2. The van der Waals surface area contributed by atoms with Gasteiger partial charge in [-0.2, -0.15) is 0 Å². The molecule has 134 valence electrons. The van der Waals surface area contributed by atoms with Crippen molar-refractivity contribution in [3.63, 3.8) is 0 Å². The molecule has 2 heterocycles. The minimum atomic E-state index is -0.532. The molecule has 0 spiro atoms. The molecule has 0 fully saturated rings. The molecule has 2 aliphatic heterocycles. The number of cyclic esters (lactones) is 1. The maximum absolute atomic E-state index is 12.6. The fourth-order valence-corrected chi connectivity index (χ4v) is 3.00. The lowest BCUT2D eigenvalue weighted by atomic mass is 10.0. The van der Waals surface area contributed by atoms with E-state index in [1.165, 1.54) is 0 Å². The summed E-state index contributed by atoms with van der Waals surface area (Å²) in [5.74, 6) is 0.358. The lowest BCUT2D eigenvalue weighted by molar-refractivity contribution is -0.141. The zero-order valence-electron chi connectivity index (χ0n) is 14.8. The Morgan fingerprint density at radius 3 is 2.48 bits per heavy atom. The second-order valence-electron chi connectivity index (χ2n) is 5.55. The van der Waals surface area contributed by atoms with E-state index in [1.807, 2.05) is 62.4 Å². The second kappa shape index (κ2) is 7.58. The summed E-state index contributed by atoms with van der Waals surface area (Å²) in [7, 11) is 0. The van der Waals surface area contributed by atoms with Crippen molar-refractivity contribution in [1.82, 2.24) is 20.9 Å². The van der Waals surface area contributed by atoms with Crippen LogP contribution in [0.5, 0.6) is 5.75 Å². The molecule has 1 atom stereocenters. The lowest BCUT2D eigenvalue weighted by Gasteiger charge is -2.32. The summed E-state index contributed by atoms with van der Waals surface area (Å²) in [6, 6.07) is 7.65. The van der Waals surface area contributed by atoms with Gasteiger partial charge in [0.1, 0.15) is 11.4 Å². The zero-order chi connectivity index (χ0) is 17.8. The molecule has 2 aliphatic rings. The largest absolute Gasteiger partial charge is 0.493 e. The predicted octanol–water partition coefficient (Wildman–Crippen LogP) is 2.03. The van der Waals surface area contributed by atoms with Crippen molar-refractivity contribution in [3.8, 4) is 5.75 Å². The van der Waals surface area contributed by atoms with Gasteiger partial charge >= 0.3 is 5.97 Å². The predicted molar refractivity (Wildman–Crippen MR) is 93.6 cm³/mol. The van der Waals surface area contributed by atoms with Gasteiger partial charge in [-0.3, -0.25) is 10.0 Å². The number of hydrogen-bond donors (Lipinski definition) is 2. The van der Waals surface area contributed by atoms with Crippen molar-refractivity contribution in [1.29, 1.82) is 0 Å². The van der Waals surface area contributed by atoms with Crippen LogP contribution >= 0.6 is 0 Å². The normalized spacial score (nSPS) is 19.3. The molecule has 7 nitrogen and oxygen atoms in total. The first-order valence-electron chi connectivity index (χ1n) is 8.61. The van der Waals surface area contributed by atoms with Crippen molar-refractivity contribution in [3.05, 3.63) is 53.6 Å². The van der Waals surface area contributed by atoms with E-state index in [4.69, 9.17) is 9.47 Å². The standard InChI is InChI=1S/C18H24N4O3/c1-4-19-21-11-12-22(20-5-2)16-15(21)17(25-18(16)23)13-9-7-8-10-14(13)24-6-3/h7-12,17,19-20H,4-6H2,1-3H3. The second-order valence-corrected chi connectivity index (χ2v) is 5.55. The van der Waals surface area contributed by atoms with Gasteiger partial charge in [-0.1, -0.05) is 32.0 Å². The molecule has 0 saturated heterocycles. The van der Waals surface area contributed by atoms with Gasteiger partial charge in [0.15, 0.2) is 11.8 Å². The number of hydrogen-bond acceptors (Lipinski definition) is 7. The maximum Gasteiger partial charge on any atom is 0.359 e. The van der Waals surface area contributed by atoms with Crippen LogP contribution in [0.2, 0.25) is 0 Å². The Morgan fingerprint density at radius 1 is 1.08 bits per heavy atom. The number of esters is 1. The molecule has 1 aromatic rings. The number of hydrazine groups is 2. The first-order valence-corrected chi connectivity index (χ1v) is 8.61. The molecule has 0 amide bonds. The van der Waals surface area contributed by atoms with Crippen LogP contribution in [-0.2, 0) is 9.53 Å². The Balaban J connectivity index is 2.05. The van der Waals surface area contributed by atoms with Crippen molar-refractivity contribution < 1.29 is 14.3 Å². The topological polar surface area (TPSA) is 66.1 Å². The van der Waals surface area contributed by atoms with E-state index < -0.39 is 6.10 Å². The molecule has 7 heteroatoms. The Kier molecular flexibility index (Phi) is 5.25. The first-order chi connectivity index (χ1) is 12.2. The highest BCUT2D eigenvalue weighted by Crippen LogP contribution is 2.42. The van der Waals surface area contributed by atoms with E-state index in [-0.39, 0.29) is 5.97 Å². The van der Waals surface area contributed by atoms with E-state index in [2.05, 4.69) is 10.9 Å². The summed E-state index contributed by atoms with van der Waals surface area (Å²) >= 11 is 0. The van der Waals surface area contributed by atoms with Gasteiger partial charge in [0.05, 0.1) is 6.61 Å². The number of ether oxygens (including phenoxy) is 2. The fourth-order valence-electron chi connectivity index (χ4n) is 3.00.